The van der Waals surface area contributed by atoms with Crippen LogP contribution in [0.4, 0.5) is 17.2 Å². The number of aromatic nitrogens is 4. The number of nitrogens with zero attached hydrogens (tertiary/aromatic N) is 5. The topological polar surface area (TPSA) is 97.9 Å². The lowest BCUT2D eigenvalue weighted by atomic mass is 10.2. The summed E-state index contributed by atoms with van der Waals surface area (Å²) in [6, 6.07) is 10.9. The molecule has 9 nitrogen and oxygen atoms in total. The van der Waals surface area contributed by atoms with Gasteiger partial charge in [-0.2, -0.15) is 0 Å². The van der Waals surface area contributed by atoms with Crippen LogP contribution >= 0.6 is 0 Å². The van der Waals surface area contributed by atoms with Crippen LogP contribution in [-0.2, 0) is 0 Å². The Morgan fingerprint density at radius 2 is 1.88 bits per heavy atom. The highest BCUT2D eigenvalue weighted by Gasteiger charge is 2.19. The lowest BCUT2D eigenvalue weighted by molar-refractivity contribution is 0.209. The number of hydrogen-bond donors (Lipinski definition) is 3. The van der Waals surface area contributed by atoms with Gasteiger partial charge in [0.1, 0.15) is 5.69 Å². The number of nitrogens with one attached hydrogen (secondary N) is 2. The molecule has 6 rings (SSSR count). The highest BCUT2D eigenvalue weighted by atomic mass is 16.3. The van der Waals surface area contributed by atoms with E-state index in [0.717, 1.165) is 37.6 Å². The third-order valence-electron chi connectivity index (χ3n) is 6.58. The van der Waals surface area contributed by atoms with E-state index in [0.29, 0.717) is 34.2 Å². The van der Waals surface area contributed by atoms with Crippen LogP contribution < -0.4 is 10.2 Å². The number of imidazole rings is 1. The fourth-order valence-electron chi connectivity index (χ4n) is 4.61. The molecule has 0 unspecified atom stereocenters. The van der Waals surface area contributed by atoms with Crippen molar-refractivity contribution in [1.29, 1.82) is 0 Å². The standard InChI is InChI=1S/C25H27N7O2/c1-16(2)30-9-11-31(12-10-30)18-5-3-17(4-6-18)29-23-24-26-7-8-32(24)20(14-27-23)21-13-19-22(34-21)15-28-25(19)33/h3-8,13-16,28,33H,9-12H2,1-2H3,(H,27,29). The number of aromatic amines is 1. The first-order chi connectivity index (χ1) is 16.6. The molecular weight excluding hydrogens is 430 g/mol. The average molecular weight is 458 g/mol. The van der Waals surface area contributed by atoms with E-state index in [-0.39, 0.29) is 5.88 Å². The summed E-state index contributed by atoms with van der Waals surface area (Å²) in [6.07, 6.45) is 6.99. The molecule has 3 N–H and O–H groups in total. The van der Waals surface area contributed by atoms with Gasteiger partial charge in [0.2, 0.25) is 0 Å². The van der Waals surface area contributed by atoms with Crippen LogP contribution in [0.3, 0.4) is 0 Å². The van der Waals surface area contributed by atoms with Crippen molar-refractivity contribution >= 4 is 33.8 Å². The monoisotopic (exact) mass is 457 g/mol. The van der Waals surface area contributed by atoms with E-state index >= 15 is 0 Å². The Balaban J connectivity index is 1.22. The second-order valence-corrected chi connectivity index (χ2v) is 8.93. The van der Waals surface area contributed by atoms with Crippen molar-refractivity contribution in [3.05, 3.63) is 55.1 Å². The fraction of sp³-hybridized carbons (Fsp3) is 0.280. The molecule has 5 heterocycles. The minimum absolute atomic E-state index is 0.0865. The van der Waals surface area contributed by atoms with Crippen LogP contribution in [-0.4, -0.2) is 61.6 Å². The lowest BCUT2D eigenvalue weighted by Crippen LogP contribution is -2.48. The summed E-state index contributed by atoms with van der Waals surface area (Å²) >= 11 is 0. The molecule has 1 aliphatic heterocycles. The van der Waals surface area contributed by atoms with Crippen molar-refractivity contribution in [3.63, 3.8) is 0 Å². The number of piperazine rings is 1. The first kappa shape index (κ1) is 20.6. The summed E-state index contributed by atoms with van der Waals surface area (Å²) in [5, 5.41) is 14.0. The third kappa shape index (κ3) is 3.54. The molecule has 0 saturated carbocycles. The van der Waals surface area contributed by atoms with Crippen LogP contribution in [0.5, 0.6) is 5.88 Å². The van der Waals surface area contributed by atoms with Gasteiger partial charge in [-0.3, -0.25) is 9.30 Å². The molecule has 5 aromatic rings. The molecule has 1 fully saturated rings. The van der Waals surface area contributed by atoms with Crippen LogP contribution in [0.25, 0.3) is 28.1 Å². The first-order valence-electron chi connectivity index (χ1n) is 11.6. The van der Waals surface area contributed by atoms with E-state index in [1.165, 1.54) is 5.69 Å². The molecule has 0 aliphatic carbocycles. The summed E-state index contributed by atoms with van der Waals surface area (Å²) in [6.45, 7) is 8.79. The fourth-order valence-corrected chi connectivity index (χ4v) is 4.61. The van der Waals surface area contributed by atoms with Crippen molar-refractivity contribution < 1.29 is 9.52 Å². The maximum Gasteiger partial charge on any atom is 0.199 e. The zero-order valence-corrected chi connectivity index (χ0v) is 19.2. The Morgan fingerprint density at radius 3 is 2.62 bits per heavy atom. The van der Waals surface area contributed by atoms with Crippen molar-refractivity contribution in [2.45, 2.75) is 19.9 Å². The minimum Gasteiger partial charge on any atom is -0.494 e. The Labute approximate surface area is 196 Å². The van der Waals surface area contributed by atoms with Gasteiger partial charge in [-0.05, 0) is 44.2 Å². The summed E-state index contributed by atoms with van der Waals surface area (Å²) in [4.78, 5) is 16.8. The molecular formula is C25H27N7O2. The van der Waals surface area contributed by atoms with Crippen LogP contribution in [0.1, 0.15) is 13.8 Å². The predicted octanol–water partition coefficient (Wildman–Crippen LogP) is 4.45. The van der Waals surface area contributed by atoms with E-state index in [4.69, 9.17) is 4.42 Å². The Bertz CT molecular complexity index is 1440. The number of rotatable bonds is 5. The van der Waals surface area contributed by atoms with Gasteiger partial charge in [0, 0.05) is 62.2 Å². The van der Waals surface area contributed by atoms with Crippen LogP contribution in [0, 0.1) is 0 Å². The van der Waals surface area contributed by atoms with Gasteiger partial charge < -0.3 is 24.7 Å². The SMILES string of the molecule is CC(C)N1CCN(c2ccc(Nc3ncc(-c4cc5c(O)[nH]cc5o4)n4ccnc34)cc2)CC1. The number of furan rings is 1. The molecule has 9 heteroatoms. The zero-order chi connectivity index (χ0) is 23.2. The Morgan fingerprint density at radius 1 is 1.09 bits per heavy atom. The van der Waals surface area contributed by atoms with E-state index in [1.54, 1.807) is 24.7 Å². The minimum atomic E-state index is 0.0865. The Hall–Kier alpha value is -3.98. The van der Waals surface area contributed by atoms with Crippen LogP contribution in [0.15, 0.2) is 59.5 Å². The van der Waals surface area contributed by atoms with Crippen molar-refractivity contribution in [2.75, 3.05) is 36.4 Å². The van der Waals surface area contributed by atoms with Gasteiger partial charge in [-0.25, -0.2) is 9.97 Å². The summed E-state index contributed by atoms with van der Waals surface area (Å²) in [5.41, 5.74) is 4.23. The second-order valence-electron chi connectivity index (χ2n) is 8.93. The van der Waals surface area contributed by atoms with Gasteiger partial charge in [0.05, 0.1) is 11.6 Å². The van der Waals surface area contributed by atoms with Crippen molar-refractivity contribution in [2.24, 2.45) is 0 Å². The summed E-state index contributed by atoms with van der Waals surface area (Å²) < 4.78 is 7.82. The number of anilines is 3. The van der Waals surface area contributed by atoms with E-state index in [2.05, 4.69) is 68.2 Å². The van der Waals surface area contributed by atoms with Gasteiger partial charge in [0.25, 0.3) is 0 Å². The van der Waals surface area contributed by atoms with E-state index in [9.17, 15) is 5.11 Å². The summed E-state index contributed by atoms with van der Waals surface area (Å²) in [7, 11) is 0. The molecule has 1 aliphatic rings. The highest BCUT2D eigenvalue weighted by Crippen LogP contribution is 2.33. The average Bonchev–Trinajstić information content (AvgIpc) is 3.58. The largest absolute Gasteiger partial charge is 0.494 e. The maximum atomic E-state index is 9.92. The van der Waals surface area contributed by atoms with Gasteiger partial charge in [-0.1, -0.05) is 0 Å². The number of H-pyrrole nitrogens is 1. The van der Waals surface area contributed by atoms with Crippen LogP contribution in [0.2, 0.25) is 0 Å². The van der Waals surface area contributed by atoms with E-state index in [1.807, 2.05) is 10.6 Å². The van der Waals surface area contributed by atoms with Gasteiger partial charge in [-0.15, -0.1) is 0 Å². The molecule has 34 heavy (non-hydrogen) atoms. The first-order valence-corrected chi connectivity index (χ1v) is 11.6. The number of hydrogen-bond acceptors (Lipinski definition) is 7. The van der Waals surface area contributed by atoms with Gasteiger partial charge >= 0.3 is 0 Å². The zero-order valence-electron chi connectivity index (χ0n) is 19.2. The third-order valence-corrected chi connectivity index (χ3v) is 6.58. The summed E-state index contributed by atoms with van der Waals surface area (Å²) in [5.74, 6) is 1.36. The molecule has 4 aromatic heterocycles. The number of benzene rings is 1. The molecule has 1 aromatic carbocycles. The molecule has 0 spiro atoms. The molecule has 174 valence electrons. The lowest BCUT2D eigenvalue weighted by Gasteiger charge is -2.38. The molecule has 0 atom stereocenters. The quantitative estimate of drug-likeness (QED) is 0.359. The molecule has 0 bridgehead atoms. The molecule has 1 saturated heterocycles. The van der Waals surface area contributed by atoms with E-state index < -0.39 is 0 Å². The number of aromatic hydroxyl groups is 1. The normalized spacial score (nSPS) is 15.1. The van der Waals surface area contributed by atoms with Gasteiger partial charge in [0.15, 0.2) is 28.7 Å². The predicted molar refractivity (Wildman–Crippen MR) is 133 cm³/mol. The highest BCUT2D eigenvalue weighted by molar-refractivity contribution is 5.87. The molecule has 0 radical (unpaired) electrons. The number of fused-ring (bicyclic) bond motifs is 2. The van der Waals surface area contributed by atoms with Crippen molar-refractivity contribution in [1.82, 2.24) is 24.3 Å². The Kier molecular flexibility index (Phi) is 4.91. The molecule has 0 amide bonds. The maximum absolute atomic E-state index is 9.92. The smallest absolute Gasteiger partial charge is 0.199 e. The second kappa shape index (κ2) is 8.11. The van der Waals surface area contributed by atoms with Crippen molar-refractivity contribution in [3.8, 4) is 17.3 Å².